The Morgan fingerprint density at radius 1 is 1.35 bits per heavy atom. The van der Waals surface area contributed by atoms with Crippen LogP contribution in [-0.4, -0.2) is 32.0 Å². The first kappa shape index (κ1) is 13.9. The zero-order valence-electron chi connectivity index (χ0n) is 9.64. The lowest BCUT2D eigenvalue weighted by atomic mass is 10.2. The Balaban J connectivity index is 2.40. The summed E-state index contributed by atoms with van der Waals surface area (Å²) in [5.41, 5.74) is 7.23. The van der Waals surface area contributed by atoms with Crippen molar-refractivity contribution in [3.63, 3.8) is 0 Å². The number of anilines is 1. The minimum Gasteiger partial charge on any atom is -0.389 e. The fourth-order valence-electron chi connectivity index (χ4n) is 1.32. The third kappa shape index (κ3) is 5.65. The van der Waals surface area contributed by atoms with E-state index in [4.69, 9.17) is 18.0 Å². The summed E-state index contributed by atoms with van der Waals surface area (Å²) in [6, 6.07) is 7.41. The molecule has 0 aliphatic carbocycles. The summed E-state index contributed by atoms with van der Waals surface area (Å²) in [6.45, 7) is 0.624. The maximum atomic E-state index is 10.9. The molecule has 0 amide bonds. The van der Waals surface area contributed by atoms with Gasteiger partial charge in [0.1, 0.15) is 14.8 Å². The van der Waals surface area contributed by atoms with Crippen molar-refractivity contribution in [1.82, 2.24) is 0 Å². The molecule has 0 aliphatic rings. The van der Waals surface area contributed by atoms with Crippen LogP contribution in [0.1, 0.15) is 12.0 Å². The van der Waals surface area contributed by atoms with Crippen molar-refractivity contribution in [2.45, 2.75) is 6.42 Å². The molecule has 4 nitrogen and oxygen atoms in total. The molecule has 1 rings (SSSR count). The normalized spacial score (nSPS) is 11.1. The van der Waals surface area contributed by atoms with Crippen molar-refractivity contribution in [3.8, 4) is 0 Å². The second kappa shape index (κ2) is 5.97. The molecular formula is C11H16N2O2S2. The van der Waals surface area contributed by atoms with E-state index in [1.807, 2.05) is 24.3 Å². The van der Waals surface area contributed by atoms with E-state index in [1.165, 1.54) is 6.26 Å². The fourth-order valence-corrected chi connectivity index (χ4v) is 2.12. The fraction of sp³-hybridized carbons (Fsp3) is 0.364. The Kier molecular flexibility index (Phi) is 4.89. The third-order valence-electron chi connectivity index (χ3n) is 2.19. The highest BCUT2D eigenvalue weighted by atomic mass is 32.2. The van der Waals surface area contributed by atoms with Crippen LogP contribution in [0.2, 0.25) is 0 Å². The Morgan fingerprint density at radius 3 is 2.41 bits per heavy atom. The number of rotatable bonds is 6. The predicted molar refractivity (Wildman–Crippen MR) is 75.1 cm³/mol. The zero-order valence-corrected chi connectivity index (χ0v) is 11.3. The van der Waals surface area contributed by atoms with Gasteiger partial charge in [-0.05, 0) is 30.7 Å². The van der Waals surface area contributed by atoms with Crippen molar-refractivity contribution in [2.24, 2.45) is 5.73 Å². The van der Waals surface area contributed by atoms with E-state index in [0.29, 0.717) is 18.0 Å². The van der Waals surface area contributed by atoms with Crippen LogP contribution in [0.4, 0.5) is 5.69 Å². The average molecular weight is 272 g/mol. The predicted octanol–water partition coefficient (Wildman–Crippen LogP) is 1.17. The Hall–Kier alpha value is -1.14. The largest absolute Gasteiger partial charge is 0.389 e. The number of thiocarbonyl (C=S) groups is 1. The number of sulfone groups is 1. The van der Waals surface area contributed by atoms with Crippen molar-refractivity contribution in [1.29, 1.82) is 0 Å². The molecule has 0 heterocycles. The lowest BCUT2D eigenvalue weighted by Gasteiger charge is -2.06. The summed E-state index contributed by atoms with van der Waals surface area (Å²) in [5, 5.41) is 3.13. The number of nitrogens with one attached hydrogen (secondary N) is 1. The molecule has 6 heteroatoms. The van der Waals surface area contributed by atoms with E-state index < -0.39 is 9.84 Å². The molecule has 1 aromatic carbocycles. The van der Waals surface area contributed by atoms with Crippen LogP contribution in [-0.2, 0) is 9.84 Å². The molecule has 0 aromatic heterocycles. The number of hydrogen-bond donors (Lipinski definition) is 2. The minimum atomic E-state index is -2.87. The van der Waals surface area contributed by atoms with Crippen LogP contribution in [0.15, 0.2) is 24.3 Å². The highest BCUT2D eigenvalue weighted by Crippen LogP contribution is 2.09. The maximum Gasteiger partial charge on any atom is 0.147 e. The molecule has 17 heavy (non-hydrogen) atoms. The average Bonchev–Trinajstić information content (AvgIpc) is 2.24. The van der Waals surface area contributed by atoms with E-state index in [9.17, 15) is 8.42 Å². The van der Waals surface area contributed by atoms with Crippen molar-refractivity contribution in [3.05, 3.63) is 29.8 Å². The molecule has 0 unspecified atom stereocenters. The first-order valence-corrected chi connectivity index (χ1v) is 7.67. The van der Waals surface area contributed by atoms with Crippen molar-refractivity contribution in [2.75, 3.05) is 23.9 Å². The van der Waals surface area contributed by atoms with Gasteiger partial charge >= 0.3 is 0 Å². The van der Waals surface area contributed by atoms with E-state index in [-0.39, 0.29) is 5.75 Å². The van der Waals surface area contributed by atoms with Gasteiger partial charge in [-0.2, -0.15) is 0 Å². The molecular weight excluding hydrogens is 256 g/mol. The molecule has 0 spiro atoms. The van der Waals surface area contributed by atoms with Crippen LogP contribution in [0, 0.1) is 0 Å². The van der Waals surface area contributed by atoms with Crippen LogP contribution < -0.4 is 11.1 Å². The maximum absolute atomic E-state index is 10.9. The summed E-state index contributed by atoms with van der Waals surface area (Å²) in [6.07, 6.45) is 1.83. The van der Waals surface area contributed by atoms with Crippen LogP contribution in [0.3, 0.4) is 0 Å². The summed E-state index contributed by atoms with van der Waals surface area (Å²) < 4.78 is 21.8. The van der Waals surface area contributed by atoms with Gasteiger partial charge in [0.25, 0.3) is 0 Å². The van der Waals surface area contributed by atoms with Gasteiger partial charge in [-0.1, -0.05) is 12.2 Å². The minimum absolute atomic E-state index is 0.199. The molecule has 0 bridgehead atoms. The topological polar surface area (TPSA) is 72.2 Å². The molecule has 94 valence electrons. The van der Waals surface area contributed by atoms with E-state index in [0.717, 1.165) is 11.3 Å². The molecule has 0 fully saturated rings. The van der Waals surface area contributed by atoms with Gasteiger partial charge in [-0.15, -0.1) is 0 Å². The van der Waals surface area contributed by atoms with Crippen LogP contribution in [0.25, 0.3) is 0 Å². The molecule has 0 saturated heterocycles. The highest BCUT2D eigenvalue weighted by molar-refractivity contribution is 7.90. The summed E-state index contributed by atoms with van der Waals surface area (Å²) in [4.78, 5) is 0.369. The van der Waals surface area contributed by atoms with Crippen molar-refractivity contribution < 1.29 is 8.42 Å². The second-order valence-corrected chi connectivity index (χ2v) is 6.55. The molecule has 1 aromatic rings. The highest BCUT2D eigenvalue weighted by Gasteiger charge is 2.01. The Bertz CT molecular complexity index is 481. The molecule has 0 radical (unpaired) electrons. The summed E-state index contributed by atoms with van der Waals surface area (Å²) in [5.74, 6) is 0.199. The van der Waals surface area contributed by atoms with Gasteiger partial charge in [-0.25, -0.2) is 8.42 Å². The lowest BCUT2D eigenvalue weighted by Crippen LogP contribution is -2.11. The summed E-state index contributed by atoms with van der Waals surface area (Å²) in [7, 11) is -2.87. The van der Waals surface area contributed by atoms with Gasteiger partial charge in [0.05, 0.1) is 5.75 Å². The van der Waals surface area contributed by atoms with Gasteiger partial charge < -0.3 is 11.1 Å². The third-order valence-corrected chi connectivity index (χ3v) is 3.46. The molecule has 0 aliphatic heterocycles. The standard InChI is InChI=1S/C11H16N2O2S2/c1-17(14,15)8-2-7-13-10-5-3-9(4-6-10)11(12)16/h3-6,13H,2,7-8H2,1H3,(H2,12,16). The first-order chi connectivity index (χ1) is 7.88. The number of benzene rings is 1. The quantitative estimate of drug-likeness (QED) is 0.601. The van der Waals surface area contributed by atoms with E-state index >= 15 is 0 Å². The van der Waals surface area contributed by atoms with Crippen LogP contribution in [0.5, 0.6) is 0 Å². The summed E-state index contributed by atoms with van der Waals surface area (Å²) >= 11 is 4.84. The molecule has 3 N–H and O–H groups in total. The Morgan fingerprint density at radius 2 is 1.94 bits per heavy atom. The van der Waals surface area contributed by atoms with Gasteiger partial charge in [0.2, 0.25) is 0 Å². The van der Waals surface area contributed by atoms with Crippen molar-refractivity contribution >= 4 is 32.7 Å². The second-order valence-electron chi connectivity index (χ2n) is 3.85. The van der Waals surface area contributed by atoms with Gasteiger partial charge in [0.15, 0.2) is 0 Å². The van der Waals surface area contributed by atoms with Gasteiger partial charge in [-0.3, -0.25) is 0 Å². The Labute approximate surface area is 107 Å². The molecule has 0 atom stereocenters. The van der Waals surface area contributed by atoms with E-state index in [1.54, 1.807) is 0 Å². The zero-order chi connectivity index (χ0) is 12.9. The SMILES string of the molecule is CS(=O)(=O)CCCNc1ccc(C(N)=S)cc1. The molecule has 0 saturated carbocycles. The smallest absolute Gasteiger partial charge is 0.147 e. The van der Waals surface area contributed by atoms with Crippen LogP contribution >= 0.6 is 12.2 Å². The van der Waals surface area contributed by atoms with Gasteiger partial charge in [0, 0.05) is 24.1 Å². The number of hydrogen-bond acceptors (Lipinski definition) is 4. The van der Waals surface area contributed by atoms with E-state index in [2.05, 4.69) is 5.32 Å². The number of nitrogens with two attached hydrogens (primary N) is 1. The lowest BCUT2D eigenvalue weighted by molar-refractivity contribution is 0.600. The first-order valence-electron chi connectivity index (χ1n) is 5.20. The monoisotopic (exact) mass is 272 g/mol.